The highest BCUT2D eigenvalue weighted by molar-refractivity contribution is 14.1. The monoisotopic (exact) mass is 769 g/mol. The standard InChI is InChI=1S/C23H13F8I2N3O2/c1-34-19(37)13-6-3-7-35-17(13)11-4-2-5-12(16(11)24)20(38)36-18-14(32)8-10(9-15(18)33)21(25,22(26,27)28)23(29,30)31/h2-9H,1H3,(H,34,37)(H,36,38). The van der Waals surface area contributed by atoms with Crippen LogP contribution in [0, 0.1) is 13.0 Å². The smallest absolute Gasteiger partial charge is 0.355 e. The number of halogens is 10. The molecule has 1 aromatic heterocycles. The lowest BCUT2D eigenvalue weighted by Crippen LogP contribution is -2.50. The Morgan fingerprint density at radius 2 is 1.39 bits per heavy atom. The molecule has 38 heavy (non-hydrogen) atoms. The maximum Gasteiger partial charge on any atom is 0.435 e. The van der Waals surface area contributed by atoms with Crippen molar-refractivity contribution in [1.29, 1.82) is 0 Å². The number of amides is 2. The zero-order valence-corrected chi connectivity index (χ0v) is 23.0. The summed E-state index contributed by atoms with van der Waals surface area (Å²) in [6.07, 6.45) is -11.3. The Bertz CT molecular complexity index is 1370. The van der Waals surface area contributed by atoms with Gasteiger partial charge in [0, 0.05) is 31.5 Å². The van der Waals surface area contributed by atoms with E-state index >= 15 is 4.39 Å². The maximum atomic E-state index is 15.4. The Kier molecular flexibility index (Phi) is 8.59. The van der Waals surface area contributed by atoms with E-state index in [-0.39, 0.29) is 29.6 Å². The molecule has 0 bridgehead atoms. The van der Waals surface area contributed by atoms with Gasteiger partial charge in [0.25, 0.3) is 11.8 Å². The van der Waals surface area contributed by atoms with Crippen LogP contribution in [0.2, 0.25) is 0 Å². The maximum absolute atomic E-state index is 15.4. The zero-order chi connectivity index (χ0) is 28.6. The molecular weight excluding hydrogens is 756 g/mol. The van der Waals surface area contributed by atoms with E-state index in [4.69, 9.17) is 0 Å². The van der Waals surface area contributed by atoms with Crippen molar-refractivity contribution >= 4 is 62.7 Å². The fourth-order valence-corrected chi connectivity index (χ4v) is 5.43. The molecule has 0 saturated carbocycles. The molecule has 0 fully saturated rings. The Morgan fingerprint density at radius 3 is 1.92 bits per heavy atom. The number of anilines is 1. The summed E-state index contributed by atoms with van der Waals surface area (Å²) in [6.45, 7) is 0. The van der Waals surface area contributed by atoms with Crippen LogP contribution in [0.4, 0.5) is 40.8 Å². The van der Waals surface area contributed by atoms with Gasteiger partial charge in [-0.05, 0) is 81.6 Å². The van der Waals surface area contributed by atoms with Gasteiger partial charge in [0.1, 0.15) is 5.82 Å². The number of nitrogens with one attached hydrogen (secondary N) is 2. The summed E-state index contributed by atoms with van der Waals surface area (Å²) in [7, 11) is 1.35. The van der Waals surface area contributed by atoms with Gasteiger partial charge in [0.15, 0.2) is 0 Å². The summed E-state index contributed by atoms with van der Waals surface area (Å²) in [5.74, 6) is -2.77. The van der Waals surface area contributed by atoms with Crippen molar-refractivity contribution < 1.29 is 44.7 Å². The SMILES string of the molecule is CNC(=O)c1cccnc1-c1cccc(C(=O)Nc2c(I)cc(C(F)(C(F)(F)F)C(F)(F)F)cc2I)c1F. The first-order valence-electron chi connectivity index (χ1n) is 10.1. The molecule has 0 radical (unpaired) electrons. The third-order valence-electron chi connectivity index (χ3n) is 5.24. The van der Waals surface area contributed by atoms with E-state index in [1.165, 1.54) is 82.7 Å². The molecule has 2 amide bonds. The molecule has 5 nitrogen and oxygen atoms in total. The Labute approximate surface area is 236 Å². The molecular formula is C23H13F8I2N3O2. The van der Waals surface area contributed by atoms with E-state index in [0.29, 0.717) is 12.1 Å². The van der Waals surface area contributed by atoms with Gasteiger partial charge in [-0.15, -0.1) is 0 Å². The van der Waals surface area contributed by atoms with Crippen LogP contribution >= 0.6 is 45.2 Å². The minimum absolute atomic E-state index is 0.00942. The van der Waals surface area contributed by atoms with Crippen LogP contribution in [0.15, 0.2) is 48.7 Å². The van der Waals surface area contributed by atoms with Crippen molar-refractivity contribution in [2.75, 3.05) is 12.4 Å². The average Bonchev–Trinajstić information content (AvgIpc) is 2.83. The Balaban J connectivity index is 2.04. The number of rotatable bonds is 5. The average molecular weight is 769 g/mol. The molecule has 15 heteroatoms. The minimum Gasteiger partial charge on any atom is -0.355 e. The van der Waals surface area contributed by atoms with Gasteiger partial charge in [0.05, 0.1) is 22.5 Å². The second-order valence-electron chi connectivity index (χ2n) is 7.57. The summed E-state index contributed by atoms with van der Waals surface area (Å²) in [6, 6.07) is 7.05. The predicted octanol–water partition coefficient (Wildman–Crippen LogP) is 7.00. The molecule has 0 saturated heterocycles. The van der Waals surface area contributed by atoms with Crippen LogP contribution in [0.25, 0.3) is 11.3 Å². The van der Waals surface area contributed by atoms with E-state index < -0.39 is 46.8 Å². The van der Waals surface area contributed by atoms with Gasteiger partial charge < -0.3 is 10.6 Å². The van der Waals surface area contributed by atoms with E-state index in [1.54, 1.807) is 0 Å². The lowest BCUT2D eigenvalue weighted by atomic mass is 9.94. The third-order valence-corrected chi connectivity index (χ3v) is 6.94. The third kappa shape index (κ3) is 5.43. The summed E-state index contributed by atoms with van der Waals surface area (Å²) in [5, 5.41) is 4.62. The molecule has 202 valence electrons. The first-order chi connectivity index (χ1) is 17.5. The molecule has 1 heterocycles. The van der Waals surface area contributed by atoms with Crippen molar-refractivity contribution in [1.82, 2.24) is 10.3 Å². The number of pyridine rings is 1. The second-order valence-corrected chi connectivity index (χ2v) is 9.89. The summed E-state index contributed by atoms with van der Waals surface area (Å²) >= 11 is 2.66. The number of benzene rings is 2. The highest BCUT2D eigenvalue weighted by Gasteiger charge is 2.73. The quantitative estimate of drug-likeness (QED) is 0.217. The lowest BCUT2D eigenvalue weighted by Gasteiger charge is -2.31. The van der Waals surface area contributed by atoms with E-state index in [9.17, 15) is 40.3 Å². The zero-order valence-electron chi connectivity index (χ0n) is 18.7. The Hall–Kier alpha value is -2.57. The first-order valence-corrected chi connectivity index (χ1v) is 12.3. The lowest BCUT2D eigenvalue weighted by molar-refractivity contribution is -0.348. The van der Waals surface area contributed by atoms with Gasteiger partial charge in [0.2, 0.25) is 0 Å². The molecule has 3 aromatic rings. The van der Waals surface area contributed by atoms with Crippen molar-refractivity contribution in [3.05, 3.63) is 78.3 Å². The molecule has 0 spiro atoms. The summed E-state index contributed by atoms with van der Waals surface area (Å²) in [4.78, 5) is 29.1. The molecule has 0 aliphatic rings. The van der Waals surface area contributed by atoms with Crippen molar-refractivity contribution in [3.8, 4) is 11.3 Å². The number of alkyl halides is 7. The van der Waals surface area contributed by atoms with Crippen LogP contribution < -0.4 is 10.6 Å². The van der Waals surface area contributed by atoms with Gasteiger partial charge in [-0.2, -0.15) is 26.3 Å². The molecule has 0 aliphatic carbocycles. The number of carbonyl (C=O) groups excluding carboxylic acids is 2. The predicted molar refractivity (Wildman–Crippen MR) is 138 cm³/mol. The normalized spacial score (nSPS) is 12.3. The second kappa shape index (κ2) is 10.9. The number of nitrogens with zero attached hydrogens (tertiary/aromatic N) is 1. The number of hydrogen-bond acceptors (Lipinski definition) is 3. The molecule has 2 N–H and O–H groups in total. The molecule has 3 rings (SSSR count). The van der Waals surface area contributed by atoms with Crippen molar-refractivity contribution in [2.45, 2.75) is 18.0 Å². The van der Waals surface area contributed by atoms with Gasteiger partial charge >= 0.3 is 18.0 Å². The van der Waals surface area contributed by atoms with Crippen LogP contribution in [-0.2, 0) is 5.67 Å². The number of carbonyl (C=O) groups is 2. The van der Waals surface area contributed by atoms with Gasteiger partial charge in [-0.1, -0.05) is 6.07 Å². The fourth-order valence-electron chi connectivity index (χ4n) is 3.39. The van der Waals surface area contributed by atoms with Crippen LogP contribution in [0.5, 0.6) is 0 Å². The van der Waals surface area contributed by atoms with E-state index in [2.05, 4.69) is 15.6 Å². The van der Waals surface area contributed by atoms with Gasteiger partial charge in [-0.25, -0.2) is 8.78 Å². The number of hydrogen-bond donors (Lipinski definition) is 2. The van der Waals surface area contributed by atoms with Crippen LogP contribution in [-0.4, -0.2) is 36.2 Å². The topological polar surface area (TPSA) is 71.1 Å². The van der Waals surface area contributed by atoms with Gasteiger partial charge in [-0.3, -0.25) is 14.6 Å². The Morgan fingerprint density at radius 1 is 0.842 bits per heavy atom. The molecule has 2 aromatic carbocycles. The molecule has 0 atom stereocenters. The first kappa shape index (κ1) is 30.0. The fraction of sp³-hybridized carbons (Fsp3) is 0.174. The van der Waals surface area contributed by atoms with Crippen molar-refractivity contribution in [2.24, 2.45) is 0 Å². The number of aromatic nitrogens is 1. The summed E-state index contributed by atoms with van der Waals surface area (Å²) < 4.78 is 108. The van der Waals surface area contributed by atoms with E-state index in [0.717, 1.165) is 6.07 Å². The minimum atomic E-state index is -6.31. The highest BCUT2D eigenvalue weighted by Crippen LogP contribution is 2.54. The van der Waals surface area contributed by atoms with Crippen LogP contribution in [0.3, 0.4) is 0 Å². The highest BCUT2D eigenvalue weighted by atomic mass is 127. The van der Waals surface area contributed by atoms with Crippen LogP contribution in [0.1, 0.15) is 26.3 Å². The van der Waals surface area contributed by atoms with E-state index in [1.807, 2.05) is 0 Å². The molecule has 0 unspecified atom stereocenters. The molecule has 0 aliphatic heterocycles. The largest absolute Gasteiger partial charge is 0.435 e. The van der Waals surface area contributed by atoms with Crippen molar-refractivity contribution in [3.63, 3.8) is 0 Å². The summed E-state index contributed by atoms with van der Waals surface area (Å²) in [5.41, 5.74) is -8.49.